The van der Waals surface area contributed by atoms with Crippen molar-refractivity contribution in [2.45, 2.75) is 33.5 Å². The average molecular weight is 390 g/mol. The lowest BCUT2D eigenvalue weighted by atomic mass is 10.2. The predicted molar refractivity (Wildman–Crippen MR) is 92.0 cm³/mol. The molecule has 0 bridgehead atoms. The zero-order valence-electron chi connectivity index (χ0n) is 11.4. The molecule has 0 aliphatic heterocycles. The number of rotatable bonds is 7. The van der Waals surface area contributed by atoms with Crippen LogP contribution < -0.4 is 5.32 Å². The molecule has 20 heavy (non-hydrogen) atoms. The Morgan fingerprint density at radius 2 is 2.10 bits per heavy atom. The van der Waals surface area contributed by atoms with E-state index in [0.717, 1.165) is 32.7 Å². The van der Waals surface area contributed by atoms with Crippen LogP contribution in [0.1, 0.15) is 18.9 Å². The molecule has 0 radical (unpaired) electrons. The van der Waals surface area contributed by atoms with Crippen molar-refractivity contribution in [3.05, 3.63) is 28.2 Å². The van der Waals surface area contributed by atoms with Crippen LogP contribution in [0.4, 0.5) is 0 Å². The monoisotopic (exact) mass is 389 g/mol. The molecule has 108 valence electrons. The summed E-state index contributed by atoms with van der Waals surface area (Å²) in [5, 5.41) is 11.8. The molecule has 0 aliphatic rings. The van der Waals surface area contributed by atoms with E-state index in [0.29, 0.717) is 0 Å². The van der Waals surface area contributed by atoms with Crippen LogP contribution in [-0.2, 0) is 6.54 Å². The van der Waals surface area contributed by atoms with Crippen molar-refractivity contribution in [2.24, 2.45) is 0 Å². The van der Waals surface area contributed by atoms with E-state index in [1.807, 2.05) is 6.26 Å². The Morgan fingerprint density at radius 1 is 1.30 bits per heavy atom. The maximum absolute atomic E-state index is 4.22. The first-order valence-corrected chi connectivity index (χ1v) is 9.92. The highest BCUT2D eigenvalue weighted by Gasteiger charge is 2.09. The zero-order valence-corrected chi connectivity index (χ0v) is 15.4. The molecule has 1 heterocycles. The molecule has 0 saturated carbocycles. The van der Waals surface area contributed by atoms with Crippen molar-refractivity contribution in [3.8, 4) is 0 Å². The number of halogens is 1. The van der Waals surface area contributed by atoms with Gasteiger partial charge >= 0.3 is 0 Å². The van der Waals surface area contributed by atoms with Gasteiger partial charge in [0.1, 0.15) is 0 Å². The summed E-state index contributed by atoms with van der Waals surface area (Å²) in [5.41, 5.74) is 1.30. The van der Waals surface area contributed by atoms with Crippen LogP contribution in [0.15, 0.2) is 36.2 Å². The molecule has 2 aromatic rings. The number of thioether (sulfide) groups is 1. The summed E-state index contributed by atoms with van der Waals surface area (Å²) in [4.78, 5) is 1.23. The van der Waals surface area contributed by atoms with Gasteiger partial charge in [-0.3, -0.25) is 0 Å². The number of nitrogens with zero attached hydrogens (tertiary/aromatic N) is 2. The molecule has 1 aromatic carbocycles. The number of hydrogen-bond acceptors (Lipinski definition) is 6. The molecule has 0 amide bonds. The van der Waals surface area contributed by atoms with E-state index >= 15 is 0 Å². The molecule has 1 N–H and O–H groups in total. The third-order valence-corrected chi connectivity index (χ3v) is 6.07. The summed E-state index contributed by atoms with van der Waals surface area (Å²) in [6.07, 6.45) is 3.17. The molecule has 0 spiro atoms. The molecule has 7 heteroatoms. The minimum absolute atomic E-state index is 0.887. The van der Waals surface area contributed by atoms with Crippen LogP contribution in [0.25, 0.3) is 0 Å². The molecule has 1 aromatic heterocycles. The maximum atomic E-state index is 4.22. The minimum Gasteiger partial charge on any atom is -0.313 e. The number of hydrogen-bond donors (Lipinski definition) is 1. The van der Waals surface area contributed by atoms with Gasteiger partial charge in [0.15, 0.2) is 8.68 Å². The van der Waals surface area contributed by atoms with Gasteiger partial charge in [-0.15, -0.1) is 10.2 Å². The van der Waals surface area contributed by atoms with Crippen LogP contribution in [0.3, 0.4) is 0 Å². The molecule has 2 rings (SSSR count). The van der Waals surface area contributed by atoms with Gasteiger partial charge in [-0.2, -0.15) is 0 Å². The molecule has 0 fully saturated rings. The van der Waals surface area contributed by atoms with E-state index in [2.05, 4.69) is 56.6 Å². The summed E-state index contributed by atoms with van der Waals surface area (Å²) in [5.74, 6) is 0. The van der Waals surface area contributed by atoms with Gasteiger partial charge in [-0.1, -0.05) is 63.8 Å². The van der Waals surface area contributed by atoms with Crippen molar-refractivity contribution in [3.63, 3.8) is 0 Å². The van der Waals surface area contributed by atoms with Crippen LogP contribution in [-0.4, -0.2) is 23.0 Å². The van der Waals surface area contributed by atoms with E-state index in [9.17, 15) is 0 Å². The Hall–Kier alpha value is -0.0800. The fraction of sp³-hybridized carbons (Fsp3) is 0.385. The third kappa shape index (κ3) is 4.73. The molecular weight excluding hydrogens is 374 g/mol. The Morgan fingerprint density at radius 3 is 2.80 bits per heavy atom. The molecule has 3 nitrogen and oxygen atoms in total. The quantitative estimate of drug-likeness (QED) is 0.549. The second kappa shape index (κ2) is 8.38. The normalized spacial score (nSPS) is 10.9. The summed E-state index contributed by atoms with van der Waals surface area (Å²) >= 11 is 8.50. The van der Waals surface area contributed by atoms with Gasteiger partial charge < -0.3 is 5.32 Å². The van der Waals surface area contributed by atoms with Crippen molar-refractivity contribution >= 4 is 50.8 Å². The van der Waals surface area contributed by atoms with Gasteiger partial charge in [0, 0.05) is 15.9 Å². The van der Waals surface area contributed by atoms with E-state index in [-0.39, 0.29) is 0 Å². The van der Waals surface area contributed by atoms with Crippen molar-refractivity contribution < 1.29 is 0 Å². The second-order valence-corrected chi connectivity index (χ2v) is 8.30. The molecular formula is C13H16BrN3S3. The van der Waals surface area contributed by atoms with Gasteiger partial charge in [0.05, 0.1) is 0 Å². The van der Waals surface area contributed by atoms with E-state index in [4.69, 9.17) is 0 Å². The van der Waals surface area contributed by atoms with Gasteiger partial charge in [0.25, 0.3) is 0 Å². The number of benzene rings is 1. The maximum Gasteiger partial charge on any atom is 0.179 e. The van der Waals surface area contributed by atoms with E-state index in [1.165, 1.54) is 10.5 Å². The predicted octanol–water partition coefficient (Wildman–Crippen LogP) is 4.67. The smallest absolute Gasteiger partial charge is 0.179 e. The van der Waals surface area contributed by atoms with Crippen molar-refractivity contribution in [1.29, 1.82) is 0 Å². The Bertz CT molecular complexity index is 560. The Balaban J connectivity index is 2.13. The highest BCUT2D eigenvalue weighted by Crippen LogP contribution is 2.35. The topological polar surface area (TPSA) is 37.8 Å². The fourth-order valence-electron chi connectivity index (χ4n) is 1.58. The van der Waals surface area contributed by atoms with Crippen LogP contribution >= 0.6 is 50.8 Å². The highest BCUT2D eigenvalue weighted by atomic mass is 79.9. The third-order valence-electron chi connectivity index (χ3n) is 2.53. The first-order valence-electron chi connectivity index (χ1n) is 6.27. The van der Waals surface area contributed by atoms with E-state index in [1.54, 1.807) is 34.9 Å². The summed E-state index contributed by atoms with van der Waals surface area (Å²) in [6.45, 7) is 4.10. The summed E-state index contributed by atoms with van der Waals surface area (Å²) < 4.78 is 3.09. The molecule has 0 aliphatic carbocycles. The Labute approximate surface area is 140 Å². The summed E-state index contributed by atoms with van der Waals surface area (Å²) in [6, 6.07) is 6.39. The second-order valence-electron chi connectivity index (χ2n) is 4.07. The lowest BCUT2D eigenvalue weighted by Gasteiger charge is -2.09. The average Bonchev–Trinajstić information content (AvgIpc) is 2.89. The fourth-order valence-corrected chi connectivity index (χ4v) is 4.66. The van der Waals surface area contributed by atoms with Gasteiger partial charge in [0.2, 0.25) is 0 Å². The van der Waals surface area contributed by atoms with Gasteiger partial charge in [-0.25, -0.2) is 0 Å². The van der Waals surface area contributed by atoms with Crippen LogP contribution in [0, 0.1) is 0 Å². The highest BCUT2D eigenvalue weighted by molar-refractivity contribution is 9.10. The molecule has 0 atom stereocenters. The zero-order chi connectivity index (χ0) is 14.4. The lowest BCUT2D eigenvalue weighted by Crippen LogP contribution is -2.14. The van der Waals surface area contributed by atoms with E-state index < -0.39 is 0 Å². The van der Waals surface area contributed by atoms with Crippen molar-refractivity contribution in [2.75, 3.05) is 12.8 Å². The standard InChI is InChI=1S/C13H16BrN3S3/c1-3-6-15-8-9-4-5-10(14)7-11(9)19-13-17-16-12(18-2)20-13/h4-5,7,15H,3,6,8H2,1-2H3. The van der Waals surface area contributed by atoms with Crippen LogP contribution in [0.2, 0.25) is 0 Å². The van der Waals surface area contributed by atoms with Crippen molar-refractivity contribution in [1.82, 2.24) is 15.5 Å². The molecule has 0 saturated heterocycles. The lowest BCUT2D eigenvalue weighted by molar-refractivity contribution is 0.669. The number of nitrogens with one attached hydrogen (secondary N) is 1. The first kappa shape index (κ1) is 16.3. The largest absolute Gasteiger partial charge is 0.313 e. The van der Waals surface area contributed by atoms with Gasteiger partial charge in [-0.05, 0) is 36.9 Å². The SMILES string of the molecule is CCCNCc1ccc(Br)cc1Sc1nnc(SC)s1. The number of aromatic nitrogens is 2. The first-order chi connectivity index (χ1) is 9.72. The summed E-state index contributed by atoms with van der Waals surface area (Å²) in [7, 11) is 0. The Kier molecular flexibility index (Phi) is 6.83. The van der Waals surface area contributed by atoms with Crippen LogP contribution in [0.5, 0.6) is 0 Å². The molecule has 0 unspecified atom stereocenters. The minimum atomic E-state index is 0.887.